The topological polar surface area (TPSA) is 20.3 Å². The molecule has 2 saturated carbocycles. The fraction of sp³-hybridized carbons (Fsp3) is 0.667. The predicted octanol–water partition coefficient (Wildman–Crippen LogP) is 6.86. The molecule has 0 spiro atoms. The molecule has 2 fully saturated rings. The van der Waals surface area contributed by atoms with Crippen molar-refractivity contribution in [2.24, 2.45) is 34.5 Å². The Bertz CT molecular complexity index is 781. The quantitative estimate of drug-likeness (QED) is 0.513. The van der Waals surface area contributed by atoms with Crippen molar-refractivity contribution in [3.8, 4) is 0 Å². The highest BCUT2D eigenvalue weighted by Crippen LogP contribution is 2.63. The highest BCUT2D eigenvalue weighted by Gasteiger charge is 2.58. The van der Waals surface area contributed by atoms with E-state index in [0.29, 0.717) is 17.7 Å². The minimum Gasteiger partial charge on any atom is -0.315 e. The summed E-state index contributed by atoms with van der Waals surface area (Å²) in [7, 11) is 1.97. The Labute approximate surface area is 177 Å². The summed E-state index contributed by atoms with van der Waals surface area (Å²) in [6.07, 6.45) is 11.1. The van der Waals surface area contributed by atoms with Crippen LogP contribution in [-0.2, 0) is 4.79 Å². The Morgan fingerprint density at radius 3 is 2.52 bits per heavy atom. The number of nitrogens with zero attached hydrogens (tertiary/aromatic N) is 1. The van der Waals surface area contributed by atoms with Crippen LogP contribution in [0.5, 0.6) is 0 Å². The van der Waals surface area contributed by atoms with Crippen molar-refractivity contribution >= 4 is 11.6 Å². The van der Waals surface area contributed by atoms with E-state index >= 15 is 0 Å². The van der Waals surface area contributed by atoms with Crippen molar-refractivity contribution in [1.82, 2.24) is 0 Å². The van der Waals surface area contributed by atoms with Crippen molar-refractivity contribution in [2.45, 2.75) is 72.6 Å². The van der Waals surface area contributed by atoms with Crippen LogP contribution < -0.4 is 4.90 Å². The first kappa shape index (κ1) is 20.7. The maximum atomic E-state index is 13.8. The number of carbonyl (C=O) groups excluding carboxylic acids is 1. The molecule has 2 heteroatoms. The molecule has 0 N–H and O–H groups in total. The molecule has 0 bridgehead atoms. The molecule has 0 aromatic heterocycles. The fourth-order valence-electron chi connectivity index (χ4n) is 7.20. The second-order valence-corrected chi connectivity index (χ2v) is 10.9. The SMILES string of the molecule is CC(C)C1CC[C@H]2C(=CC[C@@H]3[C@]2(C)CCC[C@@]3(C)C(=O)N(C)c2ccccc2)C1. The molecule has 0 heterocycles. The number of benzene rings is 1. The third-order valence-electron chi connectivity index (χ3n) is 9.04. The van der Waals surface area contributed by atoms with Crippen LogP contribution in [0.15, 0.2) is 42.0 Å². The van der Waals surface area contributed by atoms with Gasteiger partial charge in [-0.15, -0.1) is 0 Å². The lowest BCUT2D eigenvalue weighted by Crippen LogP contribution is -2.56. The van der Waals surface area contributed by atoms with Crippen molar-refractivity contribution in [1.29, 1.82) is 0 Å². The zero-order valence-electron chi connectivity index (χ0n) is 19.1. The van der Waals surface area contributed by atoms with Gasteiger partial charge in [0.05, 0.1) is 5.41 Å². The zero-order valence-corrected chi connectivity index (χ0v) is 19.1. The van der Waals surface area contributed by atoms with Gasteiger partial charge in [0.2, 0.25) is 5.91 Å². The zero-order chi connectivity index (χ0) is 20.8. The summed E-state index contributed by atoms with van der Waals surface area (Å²) in [5.74, 6) is 3.07. The Morgan fingerprint density at radius 2 is 1.83 bits per heavy atom. The first-order valence-corrected chi connectivity index (χ1v) is 11.8. The van der Waals surface area contributed by atoms with Crippen LogP contribution in [0.1, 0.15) is 72.6 Å². The molecule has 4 rings (SSSR count). The number of rotatable bonds is 3. The molecule has 29 heavy (non-hydrogen) atoms. The maximum absolute atomic E-state index is 13.8. The lowest BCUT2D eigenvalue weighted by molar-refractivity contribution is -0.141. The van der Waals surface area contributed by atoms with E-state index in [9.17, 15) is 4.79 Å². The summed E-state index contributed by atoms with van der Waals surface area (Å²) in [4.78, 5) is 15.7. The Hall–Kier alpha value is -1.57. The summed E-state index contributed by atoms with van der Waals surface area (Å²) in [6, 6.07) is 10.2. The van der Waals surface area contributed by atoms with E-state index in [1.165, 1.54) is 32.1 Å². The van der Waals surface area contributed by atoms with Crippen LogP contribution in [0, 0.1) is 34.5 Å². The maximum Gasteiger partial charge on any atom is 0.232 e. The highest BCUT2D eigenvalue weighted by molar-refractivity contribution is 5.97. The van der Waals surface area contributed by atoms with Crippen molar-refractivity contribution in [3.05, 3.63) is 42.0 Å². The number of anilines is 1. The van der Waals surface area contributed by atoms with E-state index in [1.807, 2.05) is 30.1 Å². The van der Waals surface area contributed by atoms with Crippen LogP contribution in [0.2, 0.25) is 0 Å². The van der Waals surface area contributed by atoms with Crippen LogP contribution >= 0.6 is 0 Å². The summed E-state index contributed by atoms with van der Waals surface area (Å²) in [5, 5.41) is 0. The second kappa shape index (κ2) is 7.60. The summed E-state index contributed by atoms with van der Waals surface area (Å²) < 4.78 is 0. The van der Waals surface area contributed by atoms with Crippen molar-refractivity contribution < 1.29 is 4.79 Å². The molecule has 5 atom stereocenters. The van der Waals surface area contributed by atoms with E-state index in [0.717, 1.165) is 30.4 Å². The van der Waals surface area contributed by atoms with Gasteiger partial charge in [-0.05, 0) is 79.7 Å². The van der Waals surface area contributed by atoms with Gasteiger partial charge in [0.15, 0.2) is 0 Å². The minimum absolute atomic E-state index is 0.269. The number of allylic oxidation sites excluding steroid dienone is 2. The Kier molecular flexibility index (Phi) is 5.42. The highest BCUT2D eigenvalue weighted by atomic mass is 16.2. The molecule has 2 nitrogen and oxygen atoms in total. The van der Waals surface area contributed by atoms with Crippen LogP contribution in [0.3, 0.4) is 0 Å². The molecule has 1 aromatic carbocycles. The van der Waals surface area contributed by atoms with Crippen molar-refractivity contribution in [2.75, 3.05) is 11.9 Å². The average Bonchev–Trinajstić information content (AvgIpc) is 2.72. The molecule has 1 aromatic rings. The molecule has 0 saturated heterocycles. The molecule has 0 aliphatic heterocycles. The first-order valence-electron chi connectivity index (χ1n) is 11.8. The van der Waals surface area contributed by atoms with Gasteiger partial charge in [0.25, 0.3) is 0 Å². The number of fused-ring (bicyclic) bond motifs is 3. The van der Waals surface area contributed by atoms with Crippen LogP contribution in [0.25, 0.3) is 0 Å². The predicted molar refractivity (Wildman–Crippen MR) is 122 cm³/mol. The fourth-order valence-corrected chi connectivity index (χ4v) is 7.20. The smallest absolute Gasteiger partial charge is 0.232 e. The van der Waals surface area contributed by atoms with Gasteiger partial charge >= 0.3 is 0 Å². The van der Waals surface area contributed by atoms with E-state index in [-0.39, 0.29) is 10.8 Å². The number of amides is 1. The third kappa shape index (κ3) is 3.37. The van der Waals surface area contributed by atoms with E-state index < -0.39 is 0 Å². The lowest BCUT2D eigenvalue weighted by Gasteiger charge is -2.59. The van der Waals surface area contributed by atoms with Crippen LogP contribution in [0.4, 0.5) is 5.69 Å². The normalized spacial score (nSPS) is 36.8. The largest absolute Gasteiger partial charge is 0.315 e. The minimum atomic E-state index is -0.269. The molecular weight excluding hydrogens is 354 g/mol. The molecule has 3 aliphatic rings. The molecule has 158 valence electrons. The standard InChI is InChI=1S/C27H39NO/c1-19(2)20-12-14-23-21(18-20)13-15-24-26(23,3)16-9-17-27(24,4)25(29)28(5)22-10-7-6-8-11-22/h6-8,10-11,13,19-20,23-24H,9,12,14-18H2,1-5H3/t20?,23-,24+,26+,27+/m0/s1. The molecule has 0 radical (unpaired) electrons. The Morgan fingerprint density at radius 1 is 1.10 bits per heavy atom. The van der Waals surface area contributed by atoms with E-state index in [1.54, 1.807) is 5.57 Å². The Balaban J connectivity index is 1.63. The molecule has 3 aliphatic carbocycles. The van der Waals surface area contributed by atoms with Gasteiger partial charge in [0.1, 0.15) is 0 Å². The third-order valence-corrected chi connectivity index (χ3v) is 9.04. The number of hydrogen-bond acceptors (Lipinski definition) is 1. The van der Waals surface area contributed by atoms with Gasteiger partial charge in [-0.25, -0.2) is 0 Å². The second-order valence-electron chi connectivity index (χ2n) is 10.9. The van der Waals surface area contributed by atoms with Gasteiger partial charge < -0.3 is 4.90 Å². The van der Waals surface area contributed by atoms with Gasteiger partial charge in [0, 0.05) is 12.7 Å². The van der Waals surface area contributed by atoms with Crippen LogP contribution in [-0.4, -0.2) is 13.0 Å². The van der Waals surface area contributed by atoms with E-state index in [4.69, 9.17) is 0 Å². The van der Waals surface area contributed by atoms with Gasteiger partial charge in [-0.2, -0.15) is 0 Å². The molecule has 1 unspecified atom stereocenters. The first-order chi connectivity index (χ1) is 13.8. The summed E-state index contributed by atoms with van der Waals surface area (Å²) >= 11 is 0. The van der Waals surface area contributed by atoms with E-state index in [2.05, 4.69) is 45.9 Å². The summed E-state index contributed by atoms with van der Waals surface area (Å²) in [5.41, 5.74) is 2.73. The monoisotopic (exact) mass is 393 g/mol. The number of carbonyl (C=O) groups is 1. The number of para-hydroxylation sites is 1. The van der Waals surface area contributed by atoms with Crippen molar-refractivity contribution in [3.63, 3.8) is 0 Å². The molecule has 1 amide bonds. The number of hydrogen-bond donors (Lipinski definition) is 0. The summed E-state index contributed by atoms with van der Waals surface area (Å²) in [6.45, 7) is 9.57. The molecular formula is C27H39NO. The van der Waals surface area contributed by atoms with Gasteiger partial charge in [-0.3, -0.25) is 4.79 Å². The van der Waals surface area contributed by atoms with Gasteiger partial charge in [-0.1, -0.05) is 64.0 Å². The average molecular weight is 394 g/mol. The lowest BCUT2D eigenvalue weighted by atomic mass is 9.46.